The van der Waals surface area contributed by atoms with Gasteiger partial charge in [-0.1, -0.05) is 12.5 Å². The quantitative estimate of drug-likeness (QED) is 0.842. The Bertz CT molecular complexity index is 727. The third-order valence-electron chi connectivity index (χ3n) is 5.79. The van der Waals surface area contributed by atoms with E-state index in [1.807, 2.05) is 6.20 Å². The summed E-state index contributed by atoms with van der Waals surface area (Å²) < 4.78 is 22.0. The average Bonchev–Trinajstić information content (AvgIpc) is 3.09. The summed E-state index contributed by atoms with van der Waals surface area (Å²) in [7, 11) is 1.58. The summed E-state index contributed by atoms with van der Waals surface area (Å²) in [5.74, 6) is 1.53. The van der Waals surface area contributed by atoms with Crippen molar-refractivity contribution in [1.29, 1.82) is 0 Å². The number of aromatic nitrogens is 2. The zero-order chi connectivity index (χ0) is 17.2. The van der Waals surface area contributed by atoms with Gasteiger partial charge in [0.2, 0.25) is 0 Å². The molecule has 134 valence electrons. The summed E-state index contributed by atoms with van der Waals surface area (Å²) >= 11 is 0. The summed E-state index contributed by atoms with van der Waals surface area (Å²) in [6.07, 6.45) is 10.2. The predicted octanol–water partition coefficient (Wildman–Crippen LogP) is 3.96. The lowest BCUT2D eigenvalue weighted by Crippen LogP contribution is -2.49. The summed E-state index contributed by atoms with van der Waals surface area (Å²) in [5.41, 5.74) is 0.464. The van der Waals surface area contributed by atoms with E-state index >= 15 is 0 Å². The molecule has 0 unspecified atom stereocenters. The second-order valence-electron chi connectivity index (χ2n) is 7.22. The van der Waals surface area contributed by atoms with Gasteiger partial charge < -0.3 is 14.2 Å². The van der Waals surface area contributed by atoms with Crippen molar-refractivity contribution in [1.82, 2.24) is 14.5 Å². The van der Waals surface area contributed by atoms with Gasteiger partial charge in [0.05, 0.1) is 12.7 Å². The van der Waals surface area contributed by atoms with Crippen LogP contribution in [0, 0.1) is 11.7 Å². The first-order chi connectivity index (χ1) is 12.3. The Morgan fingerprint density at radius 2 is 2.08 bits per heavy atom. The molecule has 4 nitrogen and oxygen atoms in total. The van der Waals surface area contributed by atoms with Gasteiger partial charge in [-0.25, -0.2) is 9.37 Å². The van der Waals surface area contributed by atoms with Crippen LogP contribution in [0.4, 0.5) is 4.39 Å². The molecule has 0 aliphatic carbocycles. The van der Waals surface area contributed by atoms with Gasteiger partial charge in [-0.15, -0.1) is 0 Å². The van der Waals surface area contributed by atoms with Crippen LogP contribution in [0.3, 0.4) is 0 Å². The van der Waals surface area contributed by atoms with Crippen LogP contribution in [-0.2, 0) is 6.54 Å². The third kappa shape index (κ3) is 3.17. The summed E-state index contributed by atoms with van der Waals surface area (Å²) in [6, 6.07) is 5.60. The number of piperidine rings is 2. The highest BCUT2D eigenvalue weighted by Crippen LogP contribution is 2.35. The van der Waals surface area contributed by atoms with Crippen molar-refractivity contribution < 1.29 is 9.13 Å². The molecule has 1 aromatic heterocycles. The smallest absolute Gasteiger partial charge is 0.146 e. The van der Waals surface area contributed by atoms with Crippen molar-refractivity contribution in [3.8, 4) is 17.1 Å². The van der Waals surface area contributed by atoms with Crippen LogP contribution < -0.4 is 4.74 Å². The zero-order valence-corrected chi connectivity index (χ0v) is 14.8. The molecule has 2 aliphatic heterocycles. The maximum atomic E-state index is 14.5. The molecule has 0 radical (unpaired) electrons. The fraction of sp³-hybridized carbons (Fsp3) is 0.550. The Morgan fingerprint density at radius 1 is 1.20 bits per heavy atom. The van der Waals surface area contributed by atoms with Crippen molar-refractivity contribution in [3.05, 3.63) is 36.4 Å². The number of rotatable bonds is 4. The van der Waals surface area contributed by atoms with E-state index in [0.717, 1.165) is 6.54 Å². The molecular weight excluding hydrogens is 317 g/mol. The van der Waals surface area contributed by atoms with Gasteiger partial charge in [-0.05, 0) is 56.8 Å². The van der Waals surface area contributed by atoms with E-state index in [1.54, 1.807) is 25.4 Å². The summed E-state index contributed by atoms with van der Waals surface area (Å²) in [4.78, 5) is 7.12. The Balaban J connectivity index is 1.62. The second-order valence-corrected chi connectivity index (χ2v) is 7.22. The Kier molecular flexibility index (Phi) is 4.75. The van der Waals surface area contributed by atoms with Crippen LogP contribution in [-0.4, -0.2) is 40.7 Å². The van der Waals surface area contributed by atoms with Gasteiger partial charge in [0.1, 0.15) is 17.4 Å². The Labute approximate surface area is 148 Å². The lowest BCUT2D eigenvalue weighted by atomic mass is 9.83. The highest BCUT2D eigenvalue weighted by Gasteiger charge is 2.33. The lowest BCUT2D eigenvalue weighted by Gasteiger charge is -2.44. The first kappa shape index (κ1) is 16.6. The fourth-order valence-corrected chi connectivity index (χ4v) is 4.62. The minimum atomic E-state index is -0.283. The minimum absolute atomic E-state index is 0.283. The second kappa shape index (κ2) is 7.16. The number of methoxy groups -OCH3 is 1. The van der Waals surface area contributed by atoms with E-state index in [4.69, 9.17) is 4.74 Å². The predicted molar refractivity (Wildman–Crippen MR) is 96.1 cm³/mol. The minimum Gasteiger partial charge on any atom is -0.496 e. The molecule has 5 heteroatoms. The molecule has 0 spiro atoms. The van der Waals surface area contributed by atoms with E-state index in [2.05, 4.69) is 14.5 Å². The largest absolute Gasteiger partial charge is 0.496 e. The number of hydrogen-bond donors (Lipinski definition) is 0. The number of halogens is 1. The van der Waals surface area contributed by atoms with Crippen LogP contribution >= 0.6 is 0 Å². The molecule has 2 aliphatic rings. The van der Waals surface area contributed by atoms with Gasteiger partial charge in [0, 0.05) is 25.0 Å². The summed E-state index contributed by atoms with van der Waals surface area (Å²) in [5, 5.41) is 0. The normalized spacial score (nSPS) is 24.1. The van der Waals surface area contributed by atoms with E-state index in [9.17, 15) is 4.39 Å². The van der Waals surface area contributed by atoms with Crippen LogP contribution in [0.1, 0.15) is 32.1 Å². The Hall–Kier alpha value is -1.88. The van der Waals surface area contributed by atoms with Crippen molar-refractivity contribution in [2.45, 2.75) is 44.7 Å². The van der Waals surface area contributed by atoms with Crippen LogP contribution in [0.5, 0.6) is 5.75 Å². The van der Waals surface area contributed by atoms with Crippen LogP contribution in [0.25, 0.3) is 11.4 Å². The maximum Gasteiger partial charge on any atom is 0.146 e. The van der Waals surface area contributed by atoms with E-state index < -0.39 is 0 Å². The molecule has 25 heavy (non-hydrogen) atoms. The van der Waals surface area contributed by atoms with E-state index in [1.165, 1.54) is 51.3 Å². The van der Waals surface area contributed by atoms with Crippen LogP contribution in [0.2, 0.25) is 0 Å². The van der Waals surface area contributed by atoms with Crippen molar-refractivity contribution in [2.75, 3.05) is 20.2 Å². The zero-order valence-electron chi connectivity index (χ0n) is 14.8. The highest BCUT2D eigenvalue weighted by molar-refractivity contribution is 5.65. The fourth-order valence-electron chi connectivity index (χ4n) is 4.62. The van der Waals surface area contributed by atoms with Crippen molar-refractivity contribution >= 4 is 0 Å². The van der Waals surface area contributed by atoms with Gasteiger partial charge in [0.15, 0.2) is 0 Å². The van der Waals surface area contributed by atoms with Gasteiger partial charge in [0.25, 0.3) is 0 Å². The van der Waals surface area contributed by atoms with E-state index in [-0.39, 0.29) is 5.82 Å². The van der Waals surface area contributed by atoms with Crippen molar-refractivity contribution in [3.63, 3.8) is 0 Å². The molecule has 2 aromatic rings. The lowest BCUT2D eigenvalue weighted by molar-refractivity contribution is 0.0521. The third-order valence-corrected chi connectivity index (χ3v) is 5.79. The van der Waals surface area contributed by atoms with E-state index in [0.29, 0.717) is 29.1 Å². The van der Waals surface area contributed by atoms with Gasteiger partial charge in [-0.3, -0.25) is 0 Å². The molecule has 2 fully saturated rings. The molecule has 2 saturated heterocycles. The average molecular weight is 343 g/mol. The van der Waals surface area contributed by atoms with Crippen molar-refractivity contribution in [2.24, 2.45) is 5.92 Å². The maximum absolute atomic E-state index is 14.5. The molecule has 1 aromatic carbocycles. The number of ether oxygens (including phenoxy) is 1. The number of benzene rings is 1. The molecule has 0 N–H and O–H groups in total. The first-order valence-electron chi connectivity index (χ1n) is 9.36. The molecule has 0 amide bonds. The molecule has 0 bridgehead atoms. The molecular formula is C20H26FN3O. The van der Waals surface area contributed by atoms with Gasteiger partial charge >= 0.3 is 0 Å². The molecule has 0 saturated carbocycles. The number of nitrogens with zero attached hydrogens (tertiary/aromatic N) is 3. The number of fused-ring (bicyclic) bond motifs is 1. The molecule has 3 heterocycles. The van der Waals surface area contributed by atoms with Crippen LogP contribution in [0.15, 0.2) is 30.6 Å². The standard InChI is InChI=1S/C20H26FN3O/c1-25-18-9-4-7-16(21)19(18)20-22-10-13-24(20)14-15-6-5-12-23-11-3-2-8-17(15)23/h4,7,9-10,13,15,17H,2-3,5-6,8,11-12,14H2,1H3/t15-,17+/m0/s1. The number of imidazole rings is 1. The number of hydrogen-bond acceptors (Lipinski definition) is 3. The highest BCUT2D eigenvalue weighted by atomic mass is 19.1. The molecule has 4 rings (SSSR count). The molecule has 2 atom stereocenters. The first-order valence-corrected chi connectivity index (χ1v) is 9.36. The monoisotopic (exact) mass is 343 g/mol. The SMILES string of the molecule is COc1cccc(F)c1-c1nccn1C[C@@H]1CCCN2CCCC[C@H]12. The van der Waals surface area contributed by atoms with Gasteiger partial charge in [-0.2, -0.15) is 0 Å². The summed E-state index contributed by atoms with van der Waals surface area (Å²) in [6.45, 7) is 3.37. The topological polar surface area (TPSA) is 30.3 Å². The Morgan fingerprint density at radius 3 is 2.96 bits per heavy atom.